The quantitative estimate of drug-likeness (QED) is 0.903. The van der Waals surface area contributed by atoms with Gasteiger partial charge in [0.25, 0.3) is 5.89 Å². The lowest BCUT2D eigenvalue weighted by Gasteiger charge is -2.12. The summed E-state index contributed by atoms with van der Waals surface area (Å²) in [6, 6.07) is -0.223. The van der Waals surface area contributed by atoms with Gasteiger partial charge < -0.3 is 14.6 Å². The first-order valence-corrected chi connectivity index (χ1v) is 8.08. The van der Waals surface area contributed by atoms with Crippen LogP contribution in [0.4, 0.5) is 9.80 Å². The van der Waals surface area contributed by atoms with Crippen molar-refractivity contribution >= 4 is 22.4 Å². The van der Waals surface area contributed by atoms with Crippen molar-refractivity contribution in [1.29, 1.82) is 0 Å². The van der Waals surface area contributed by atoms with Gasteiger partial charge in [0.1, 0.15) is 5.00 Å². The average molecular weight is 322 g/mol. The van der Waals surface area contributed by atoms with E-state index in [1.807, 2.05) is 6.92 Å². The van der Waals surface area contributed by atoms with Gasteiger partial charge in [-0.25, -0.2) is 4.79 Å². The van der Waals surface area contributed by atoms with E-state index in [4.69, 9.17) is 9.26 Å². The Hall–Kier alpha value is -1.93. The zero-order valence-electron chi connectivity index (χ0n) is 12.6. The van der Waals surface area contributed by atoms with Crippen LogP contribution in [0.3, 0.4) is 0 Å². The normalized spacial score (nSPS) is 13.7. The summed E-state index contributed by atoms with van der Waals surface area (Å²) >= 11 is 1.50. The van der Waals surface area contributed by atoms with Gasteiger partial charge in [0.05, 0.1) is 18.8 Å². The highest BCUT2D eigenvalue weighted by Crippen LogP contribution is 2.42. The number of amides is 2. The number of carbonyl (C=O) groups excluding carboxylic acids is 1. The molecule has 0 saturated heterocycles. The summed E-state index contributed by atoms with van der Waals surface area (Å²) < 4.78 is 10.8. The molecule has 3 heterocycles. The van der Waals surface area contributed by atoms with Gasteiger partial charge in [-0.15, -0.1) is 11.3 Å². The number of rotatable bonds is 4. The molecule has 2 N–H and O–H groups in total. The molecule has 2 amide bonds. The molecule has 2 aromatic heterocycles. The first-order valence-electron chi connectivity index (χ1n) is 7.27. The van der Waals surface area contributed by atoms with Crippen LogP contribution in [0.2, 0.25) is 0 Å². The summed E-state index contributed by atoms with van der Waals surface area (Å²) in [5.41, 5.74) is 1.96. The fourth-order valence-corrected chi connectivity index (χ4v) is 3.50. The van der Waals surface area contributed by atoms with Crippen LogP contribution >= 0.6 is 11.3 Å². The molecule has 118 valence electrons. The minimum atomic E-state index is -0.223. The van der Waals surface area contributed by atoms with Crippen LogP contribution in [0.1, 0.15) is 29.6 Å². The van der Waals surface area contributed by atoms with Crippen molar-refractivity contribution < 1.29 is 14.1 Å². The van der Waals surface area contributed by atoms with E-state index in [0.717, 1.165) is 33.8 Å². The van der Waals surface area contributed by atoms with E-state index in [0.29, 0.717) is 31.5 Å². The standard InChI is InChI=1S/C14H18N4O3S/c1-3-5-15-14(19)17-13-11(12-16-8(2)18-21-12)9-4-6-20-7-10(9)22-13/h3-7H2,1-2H3,(H2,15,17,19). The monoisotopic (exact) mass is 322 g/mol. The first kappa shape index (κ1) is 15.0. The highest BCUT2D eigenvalue weighted by molar-refractivity contribution is 7.17. The first-order chi connectivity index (χ1) is 10.7. The number of thiophene rings is 1. The van der Waals surface area contributed by atoms with Crippen molar-refractivity contribution in [1.82, 2.24) is 15.5 Å². The van der Waals surface area contributed by atoms with E-state index in [9.17, 15) is 4.79 Å². The molecule has 0 saturated carbocycles. The molecule has 1 aliphatic rings. The van der Waals surface area contributed by atoms with Gasteiger partial charge in [0.15, 0.2) is 5.82 Å². The van der Waals surface area contributed by atoms with E-state index in [1.165, 1.54) is 11.3 Å². The van der Waals surface area contributed by atoms with Gasteiger partial charge in [-0.2, -0.15) is 4.98 Å². The number of aromatic nitrogens is 2. The molecule has 0 aliphatic carbocycles. The van der Waals surface area contributed by atoms with Crippen LogP contribution in [-0.2, 0) is 17.8 Å². The van der Waals surface area contributed by atoms with Gasteiger partial charge in [0.2, 0.25) is 0 Å². The topological polar surface area (TPSA) is 89.3 Å². The Kier molecular flexibility index (Phi) is 4.39. The molecule has 22 heavy (non-hydrogen) atoms. The predicted molar refractivity (Wildman–Crippen MR) is 83.0 cm³/mol. The summed E-state index contributed by atoms with van der Waals surface area (Å²) in [7, 11) is 0. The SMILES string of the molecule is CCCNC(=O)Nc1sc2c(c1-c1nc(C)no1)CCOC2. The van der Waals surface area contributed by atoms with Crippen LogP contribution in [-0.4, -0.2) is 29.3 Å². The molecule has 0 aromatic carbocycles. The minimum absolute atomic E-state index is 0.223. The molecule has 7 nitrogen and oxygen atoms in total. The van der Waals surface area contributed by atoms with Crippen LogP contribution in [0.15, 0.2) is 4.52 Å². The van der Waals surface area contributed by atoms with E-state index >= 15 is 0 Å². The summed E-state index contributed by atoms with van der Waals surface area (Å²) in [6.45, 7) is 5.63. The van der Waals surface area contributed by atoms with Crippen molar-refractivity contribution in [2.24, 2.45) is 0 Å². The van der Waals surface area contributed by atoms with Gasteiger partial charge in [-0.05, 0) is 25.3 Å². The van der Waals surface area contributed by atoms with E-state index < -0.39 is 0 Å². The third kappa shape index (κ3) is 2.97. The summed E-state index contributed by atoms with van der Waals surface area (Å²) in [5, 5.41) is 10.3. The third-order valence-electron chi connectivity index (χ3n) is 3.32. The molecule has 0 bridgehead atoms. The Morgan fingerprint density at radius 3 is 3.05 bits per heavy atom. The highest BCUT2D eigenvalue weighted by atomic mass is 32.1. The zero-order valence-corrected chi connectivity index (χ0v) is 13.4. The fourth-order valence-electron chi connectivity index (χ4n) is 2.33. The molecule has 0 unspecified atom stereocenters. The summed E-state index contributed by atoms with van der Waals surface area (Å²) in [4.78, 5) is 17.4. The van der Waals surface area contributed by atoms with Gasteiger partial charge >= 0.3 is 6.03 Å². The molecule has 8 heteroatoms. The average Bonchev–Trinajstić information content (AvgIpc) is 3.08. The second kappa shape index (κ2) is 6.45. The number of nitrogens with one attached hydrogen (secondary N) is 2. The van der Waals surface area contributed by atoms with E-state index in [1.54, 1.807) is 6.92 Å². The van der Waals surface area contributed by atoms with Crippen molar-refractivity contribution in [3.63, 3.8) is 0 Å². The Morgan fingerprint density at radius 2 is 2.32 bits per heavy atom. The maximum atomic E-state index is 12.0. The van der Waals surface area contributed by atoms with Gasteiger partial charge in [-0.1, -0.05) is 12.1 Å². The Morgan fingerprint density at radius 1 is 1.45 bits per heavy atom. The Labute approximate surface area is 132 Å². The smallest absolute Gasteiger partial charge is 0.319 e. The third-order valence-corrected chi connectivity index (χ3v) is 4.45. The molecule has 1 aliphatic heterocycles. The van der Waals surface area contributed by atoms with E-state index in [-0.39, 0.29) is 6.03 Å². The number of nitrogens with zero attached hydrogens (tertiary/aromatic N) is 2. The number of fused-ring (bicyclic) bond motifs is 1. The maximum Gasteiger partial charge on any atom is 0.319 e. The lowest BCUT2D eigenvalue weighted by atomic mass is 10.1. The lowest BCUT2D eigenvalue weighted by molar-refractivity contribution is 0.113. The molecule has 0 radical (unpaired) electrons. The number of carbonyl (C=O) groups is 1. The number of hydrogen-bond acceptors (Lipinski definition) is 6. The molecule has 0 spiro atoms. The van der Waals surface area contributed by atoms with Crippen LogP contribution in [0, 0.1) is 6.92 Å². The molecule has 2 aromatic rings. The number of ether oxygens (including phenoxy) is 1. The number of urea groups is 1. The lowest BCUT2D eigenvalue weighted by Crippen LogP contribution is -2.29. The molecule has 0 atom stereocenters. The maximum absolute atomic E-state index is 12.0. The number of aryl methyl sites for hydroxylation is 1. The summed E-state index contributed by atoms with van der Waals surface area (Å²) in [6.07, 6.45) is 1.67. The van der Waals surface area contributed by atoms with Crippen molar-refractivity contribution in [3.05, 3.63) is 16.3 Å². The van der Waals surface area contributed by atoms with Crippen LogP contribution in [0.25, 0.3) is 11.5 Å². The minimum Gasteiger partial charge on any atom is -0.376 e. The van der Waals surface area contributed by atoms with Crippen LogP contribution < -0.4 is 10.6 Å². The molecular formula is C14H18N4O3S. The molecule has 3 rings (SSSR count). The van der Waals surface area contributed by atoms with Crippen LogP contribution in [0.5, 0.6) is 0 Å². The molecular weight excluding hydrogens is 304 g/mol. The van der Waals surface area contributed by atoms with Crippen molar-refractivity contribution in [3.8, 4) is 11.5 Å². The highest BCUT2D eigenvalue weighted by Gasteiger charge is 2.26. The second-order valence-corrected chi connectivity index (χ2v) is 6.14. The second-order valence-electron chi connectivity index (χ2n) is 5.04. The molecule has 0 fully saturated rings. The largest absolute Gasteiger partial charge is 0.376 e. The predicted octanol–water partition coefficient (Wildman–Crippen LogP) is 2.71. The van der Waals surface area contributed by atoms with Crippen molar-refractivity contribution in [2.45, 2.75) is 33.3 Å². The van der Waals surface area contributed by atoms with E-state index in [2.05, 4.69) is 20.8 Å². The van der Waals surface area contributed by atoms with Crippen molar-refractivity contribution in [2.75, 3.05) is 18.5 Å². The fraction of sp³-hybridized carbons (Fsp3) is 0.500. The summed E-state index contributed by atoms with van der Waals surface area (Å²) in [5.74, 6) is 1.02. The Bertz CT molecular complexity index is 680. The Balaban J connectivity index is 1.94. The zero-order chi connectivity index (χ0) is 15.5. The van der Waals surface area contributed by atoms with Gasteiger partial charge in [0, 0.05) is 11.4 Å². The number of hydrogen-bond donors (Lipinski definition) is 2. The van der Waals surface area contributed by atoms with Gasteiger partial charge in [-0.3, -0.25) is 5.32 Å². The number of anilines is 1.